The van der Waals surface area contributed by atoms with E-state index in [-0.39, 0.29) is 0 Å². The standard InChI is InChI=1S/C14H19Cl2N/c1-14(2)6-5-12(8-14)17-9-10-3-4-11(15)7-13(10)16/h3-4,7,12,17H,5-6,8-9H2,1-2H3. The molecule has 1 aliphatic carbocycles. The number of halogens is 2. The van der Waals surface area contributed by atoms with Gasteiger partial charge in [-0.15, -0.1) is 0 Å². The molecule has 1 aromatic rings. The molecule has 1 N–H and O–H groups in total. The van der Waals surface area contributed by atoms with Gasteiger partial charge in [0.15, 0.2) is 0 Å². The smallest absolute Gasteiger partial charge is 0.0465 e. The third-order valence-corrected chi connectivity index (χ3v) is 4.15. The van der Waals surface area contributed by atoms with Gasteiger partial charge in [-0.05, 0) is 42.4 Å². The first-order valence-corrected chi connectivity index (χ1v) is 6.89. The fourth-order valence-electron chi connectivity index (χ4n) is 2.53. The number of rotatable bonds is 3. The number of hydrogen-bond acceptors (Lipinski definition) is 1. The monoisotopic (exact) mass is 271 g/mol. The molecule has 0 radical (unpaired) electrons. The molecular weight excluding hydrogens is 253 g/mol. The van der Waals surface area contributed by atoms with Crippen LogP contribution in [0.1, 0.15) is 38.7 Å². The fourth-order valence-corrected chi connectivity index (χ4v) is 3.01. The average Bonchev–Trinajstić information content (AvgIpc) is 2.57. The molecule has 0 bridgehead atoms. The lowest BCUT2D eigenvalue weighted by Gasteiger charge is -2.18. The molecule has 3 heteroatoms. The third kappa shape index (κ3) is 3.61. The van der Waals surface area contributed by atoms with Gasteiger partial charge in [-0.3, -0.25) is 0 Å². The van der Waals surface area contributed by atoms with Crippen molar-refractivity contribution < 1.29 is 0 Å². The zero-order chi connectivity index (χ0) is 12.5. The van der Waals surface area contributed by atoms with Crippen LogP contribution in [0.2, 0.25) is 10.0 Å². The summed E-state index contributed by atoms with van der Waals surface area (Å²) in [5.74, 6) is 0. The maximum atomic E-state index is 6.15. The lowest BCUT2D eigenvalue weighted by Crippen LogP contribution is -2.26. The summed E-state index contributed by atoms with van der Waals surface area (Å²) < 4.78 is 0. The third-order valence-electron chi connectivity index (χ3n) is 3.56. The fraction of sp³-hybridized carbons (Fsp3) is 0.571. The summed E-state index contributed by atoms with van der Waals surface area (Å²) >= 11 is 12.0. The van der Waals surface area contributed by atoms with E-state index >= 15 is 0 Å². The first-order chi connectivity index (χ1) is 7.96. The van der Waals surface area contributed by atoms with Gasteiger partial charge in [0.1, 0.15) is 0 Å². The van der Waals surface area contributed by atoms with E-state index in [0.717, 1.165) is 17.1 Å². The highest BCUT2D eigenvalue weighted by Crippen LogP contribution is 2.37. The van der Waals surface area contributed by atoms with Crippen molar-refractivity contribution in [3.05, 3.63) is 33.8 Å². The minimum absolute atomic E-state index is 0.488. The van der Waals surface area contributed by atoms with E-state index in [9.17, 15) is 0 Å². The van der Waals surface area contributed by atoms with Crippen molar-refractivity contribution in [2.45, 2.75) is 45.7 Å². The Morgan fingerprint density at radius 1 is 1.35 bits per heavy atom. The molecule has 1 aromatic carbocycles. The summed E-state index contributed by atoms with van der Waals surface area (Å²) in [6.45, 7) is 5.50. The average molecular weight is 272 g/mol. The molecule has 0 heterocycles. The van der Waals surface area contributed by atoms with Gasteiger partial charge in [-0.2, -0.15) is 0 Å². The normalized spacial score (nSPS) is 22.9. The predicted octanol–water partition coefficient (Wildman–Crippen LogP) is 4.66. The van der Waals surface area contributed by atoms with Gasteiger partial charge >= 0.3 is 0 Å². The Hall–Kier alpha value is -0.240. The molecule has 1 atom stereocenters. The van der Waals surface area contributed by atoms with Crippen molar-refractivity contribution in [2.75, 3.05) is 0 Å². The van der Waals surface area contributed by atoms with E-state index in [0.29, 0.717) is 16.5 Å². The Morgan fingerprint density at radius 3 is 2.71 bits per heavy atom. The largest absolute Gasteiger partial charge is 0.310 e. The van der Waals surface area contributed by atoms with Crippen molar-refractivity contribution >= 4 is 23.2 Å². The Morgan fingerprint density at radius 2 is 2.12 bits per heavy atom. The molecule has 0 saturated heterocycles. The molecule has 1 saturated carbocycles. The van der Waals surface area contributed by atoms with Crippen LogP contribution in [0.3, 0.4) is 0 Å². The number of benzene rings is 1. The molecule has 17 heavy (non-hydrogen) atoms. The summed E-state index contributed by atoms with van der Waals surface area (Å²) in [5.41, 5.74) is 1.61. The van der Waals surface area contributed by atoms with Crippen molar-refractivity contribution in [1.82, 2.24) is 5.32 Å². The van der Waals surface area contributed by atoms with E-state index in [1.54, 1.807) is 6.07 Å². The molecule has 2 rings (SSSR count). The quantitative estimate of drug-likeness (QED) is 0.843. The Balaban J connectivity index is 1.90. The van der Waals surface area contributed by atoms with Crippen LogP contribution in [0.5, 0.6) is 0 Å². The molecule has 0 amide bonds. The van der Waals surface area contributed by atoms with Gasteiger partial charge in [0, 0.05) is 22.6 Å². The number of hydrogen-bond donors (Lipinski definition) is 1. The predicted molar refractivity (Wildman–Crippen MR) is 74.7 cm³/mol. The zero-order valence-electron chi connectivity index (χ0n) is 10.4. The van der Waals surface area contributed by atoms with Crippen LogP contribution in [0.15, 0.2) is 18.2 Å². The van der Waals surface area contributed by atoms with E-state index in [1.165, 1.54) is 19.3 Å². The summed E-state index contributed by atoms with van der Waals surface area (Å²) in [5, 5.41) is 5.03. The van der Waals surface area contributed by atoms with E-state index in [2.05, 4.69) is 19.2 Å². The van der Waals surface area contributed by atoms with Crippen LogP contribution in [0, 0.1) is 5.41 Å². The van der Waals surface area contributed by atoms with Gasteiger partial charge in [0.05, 0.1) is 0 Å². The molecular formula is C14H19Cl2N. The lowest BCUT2D eigenvalue weighted by atomic mass is 9.92. The highest BCUT2D eigenvalue weighted by atomic mass is 35.5. The van der Waals surface area contributed by atoms with E-state index in [1.807, 2.05) is 12.1 Å². The Kier molecular flexibility index (Phi) is 4.02. The Labute approximate surface area is 114 Å². The molecule has 1 aliphatic rings. The van der Waals surface area contributed by atoms with Crippen LogP contribution >= 0.6 is 23.2 Å². The van der Waals surface area contributed by atoms with Gasteiger partial charge in [0.25, 0.3) is 0 Å². The highest BCUT2D eigenvalue weighted by molar-refractivity contribution is 6.35. The van der Waals surface area contributed by atoms with Crippen molar-refractivity contribution in [3.8, 4) is 0 Å². The molecule has 1 nitrogen and oxygen atoms in total. The van der Waals surface area contributed by atoms with Crippen LogP contribution in [-0.4, -0.2) is 6.04 Å². The van der Waals surface area contributed by atoms with Gasteiger partial charge in [0.2, 0.25) is 0 Å². The van der Waals surface area contributed by atoms with Crippen LogP contribution in [0.25, 0.3) is 0 Å². The molecule has 0 spiro atoms. The molecule has 94 valence electrons. The first kappa shape index (κ1) is 13.2. The molecule has 0 aromatic heterocycles. The summed E-state index contributed by atoms with van der Waals surface area (Å²) in [6, 6.07) is 6.32. The van der Waals surface area contributed by atoms with Crippen LogP contribution in [0.4, 0.5) is 0 Å². The molecule has 1 unspecified atom stereocenters. The first-order valence-electron chi connectivity index (χ1n) is 6.14. The topological polar surface area (TPSA) is 12.0 Å². The lowest BCUT2D eigenvalue weighted by molar-refractivity contribution is 0.364. The Bertz CT molecular complexity index is 401. The van der Waals surface area contributed by atoms with E-state index < -0.39 is 0 Å². The molecule has 0 aliphatic heterocycles. The zero-order valence-corrected chi connectivity index (χ0v) is 11.9. The van der Waals surface area contributed by atoms with Crippen LogP contribution in [-0.2, 0) is 6.54 Å². The van der Waals surface area contributed by atoms with Crippen molar-refractivity contribution in [2.24, 2.45) is 5.41 Å². The minimum atomic E-state index is 0.488. The maximum absolute atomic E-state index is 6.15. The summed E-state index contributed by atoms with van der Waals surface area (Å²) in [6.07, 6.45) is 3.81. The maximum Gasteiger partial charge on any atom is 0.0465 e. The van der Waals surface area contributed by atoms with Gasteiger partial charge in [-0.25, -0.2) is 0 Å². The SMILES string of the molecule is CC1(C)CCC(NCc2ccc(Cl)cc2Cl)C1. The second-order valence-corrected chi connectivity index (χ2v) is 6.56. The molecule has 1 fully saturated rings. The second-order valence-electron chi connectivity index (χ2n) is 5.72. The number of nitrogens with one attached hydrogen (secondary N) is 1. The summed E-state index contributed by atoms with van der Waals surface area (Å²) in [7, 11) is 0. The van der Waals surface area contributed by atoms with Gasteiger partial charge in [-0.1, -0.05) is 43.1 Å². The van der Waals surface area contributed by atoms with Crippen LogP contribution < -0.4 is 5.32 Å². The van der Waals surface area contributed by atoms with Gasteiger partial charge < -0.3 is 5.32 Å². The van der Waals surface area contributed by atoms with E-state index in [4.69, 9.17) is 23.2 Å². The second kappa shape index (κ2) is 5.17. The highest BCUT2D eigenvalue weighted by Gasteiger charge is 2.30. The summed E-state index contributed by atoms with van der Waals surface area (Å²) in [4.78, 5) is 0. The van der Waals surface area contributed by atoms with Crippen molar-refractivity contribution in [1.29, 1.82) is 0 Å². The minimum Gasteiger partial charge on any atom is -0.310 e. The van der Waals surface area contributed by atoms with Crippen molar-refractivity contribution in [3.63, 3.8) is 0 Å².